The highest BCUT2D eigenvalue weighted by molar-refractivity contribution is 5.44. The summed E-state index contributed by atoms with van der Waals surface area (Å²) in [6.45, 7) is 7.14. The molecule has 2 aromatic rings. The van der Waals surface area contributed by atoms with Gasteiger partial charge in [0, 0.05) is 32.2 Å². The molecule has 1 fully saturated rings. The van der Waals surface area contributed by atoms with Crippen LogP contribution in [-0.4, -0.2) is 38.2 Å². The van der Waals surface area contributed by atoms with Crippen molar-refractivity contribution in [1.82, 2.24) is 10.2 Å². The van der Waals surface area contributed by atoms with Gasteiger partial charge < -0.3 is 14.8 Å². The molecule has 0 aliphatic carbocycles. The Hall–Kier alpha value is -2.04. The molecule has 1 N–H and O–H groups in total. The van der Waals surface area contributed by atoms with Crippen molar-refractivity contribution >= 4 is 0 Å². The number of hydrogen-bond donors (Lipinski definition) is 1. The minimum absolute atomic E-state index is 0.442. The Labute approximate surface area is 163 Å². The average molecular weight is 369 g/mol. The molecule has 1 saturated heterocycles. The highest BCUT2D eigenvalue weighted by Crippen LogP contribution is 2.35. The highest BCUT2D eigenvalue weighted by atomic mass is 16.5. The van der Waals surface area contributed by atoms with Crippen molar-refractivity contribution < 1.29 is 9.47 Å². The summed E-state index contributed by atoms with van der Waals surface area (Å²) in [5, 5.41) is 3.46. The lowest BCUT2D eigenvalue weighted by molar-refractivity contribution is 0.162. The van der Waals surface area contributed by atoms with Gasteiger partial charge in [0.05, 0.1) is 7.11 Å². The largest absolute Gasteiger partial charge is 0.493 e. The third-order valence-electron chi connectivity index (χ3n) is 5.23. The van der Waals surface area contributed by atoms with Crippen LogP contribution in [0.3, 0.4) is 0 Å². The van der Waals surface area contributed by atoms with E-state index in [-0.39, 0.29) is 0 Å². The van der Waals surface area contributed by atoms with E-state index in [1.807, 2.05) is 18.2 Å². The van der Waals surface area contributed by atoms with Crippen LogP contribution >= 0.6 is 0 Å². The van der Waals surface area contributed by atoms with Crippen LogP contribution in [-0.2, 0) is 6.61 Å². The predicted molar refractivity (Wildman–Crippen MR) is 110 cm³/mol. The summed E-state index contributed by atoms with van der Waals surface area (Å²) in [4.78, 5) is 2.61. The van der Waals surface area contributed by atoms with Crippen LogP contribution in [0, 0.1) is 0 Å². The number of rotatable bonds is 9. The maximum atomic E-state index is 6.14. The number of unbranched alkanes of at least 4 members (excludes halogenated alkanes) is 1. The van der Waals surface area contributed by atoms with Gasteiger partial charge in [-0.1, -0.05) is 56.2 Å². The lowest BCUT2D eigenvalue weighted by atomic mass is 9.98. The molecule has 4 heteroatoms. The van der Waals surface area contributed by atoms with Gasteiger partial charge in [-0.25, -0.2) is 0 Å². The fourth-order valence-electron chi connectivity index (χ4n) is 3.70. The van der Waals surface area contributed by atoms with E-state index in [1.54, 1.807) is 7.11 Å². The third kappa shape index (κ3) is 5.47. The highest BCUT2D eigenvalue weighted by Gasteiger charge is 2.23. The average Bonchev–Trinajstić information content (AvgIpc) is 2.74. The molecule has 1 aliphatic heterocycles. The Kier molecular flexibility index (Phi) is 7.55. The molecule has 0 saturated carbocycles. The van der Waals surface area contributed by atoms with Crippen molar-refractivity contribution in [3.8, 4) is 11.5 Å². The van der Waals surface area contributed by atoms with Gasteiger partial charge in [-0.3, -0.25) is 4.90 Å². The van der Waals surface area contributed by atoms with Crippen LogP contribution in [0.15, 0.2) is 48.5 Å². The number of hydrogen-bond acceptors (Lipinski definition) is 4. The van der Waals surface area contributed by atoms with Crippen molar-refractivity contribution in [3.05, 3.63) is 59.7 Å². The van der Waals surface area contributed by atoms with Crippen LogP contribution in [0.2, 0.25) is 0 Å². The normalized spacial score (nSPS) is 16.1. The summed E-state index contributed by atoms with van der Waals surface area (Å²) in [5.74, 6) is 1.62. The first-order chi connectivity index (χ1) is 13.3. The summed E-state index contributed by atoms with van der Waals surface area (Å²) in [7, 11) is 1.70. The molecule has 3 rings (SSSR count). The van der Waals surface area contributed by atoms with E-state index in [9.17, 15) is 0 Å². The van der Waals surface area contributed by atoms with E-state index in [0.29, 0.717) is 12.6 Å². The molecule has 0 aromatic heterocycles. The smallest absolute Gasteiger partial charge is 0.161 e. The van der Waals surface area contributed by atoms with Crippen LogP contribution in [0.1, 0.15) is 43.4 Å². The molecule has 146 valence electrons. The van der Waals surface area contributed by atoms with Crippen LogP contribution in [0.4, 0.5) is 0 Å². The van der Waals surface area contributed by atoms with Gasteiger partial charge in [-0.2, -0.15) is 0 Å². The third-order valence-corrected chi connectivity index (χ3v) is 5.23. The Morgan fingerprint density at radius 3 is 2.52 bits per heavy atom. The summed E-state index contributed by atoms with van der Waals surface area (Å²) in [6.07, 6.45) is 3.64. The summed E-state index contributed by atoms with van der Waals surface area (Å²) >= 11 is 0. The summed E-state index contributed by atoms with van der Waals surface area (Å²) in [5.41, 5.74) is 2.49. The van der Waals surface area contributed by atoms with Crippen molar-refractivity contribution in [1.29, 1.82) is 0 Å². The number of methoxy groups -OCH3 is 1. The van der Waals surface area contributed by atoms with Crippen molar-refractivity contribution in [3.63, 3.8) is 0 Å². The first-order valence-corrected chi connectivity index (χ1v) is 10.1. The minimum atomic E-state index is 0.442. The zero-order valence-corrected chi connectivity index (χ0v) is 16.6. The minimum Gasteiger partial charge on any atom is -0.493 e. The quantitative estimate of drug-likeness (QED) is 0.711. The van der Waals surface area contributed by atoms with E-state index < -0.39 is 0 Å². The number of benzene rings is 2. The number of piperazine rings is 1. The maximum absolute atomic E-state index is 6.14. The molecular formula is C23H32N2O2. The van der Waals surface area contributed by atoms with Crippen LogP contribution in [0.5, 0.6) is 11.5 Å². The SMILES string of the molecule is CCCC[C@@H](c1ccc(OC)c(OCc2ccccc2)c1)N1CCNCC1. The van der Waals surface area contributed by atoms with Crippen molar-refractivity contribution in [2.45, 2.75) is 38.8 Å². The van der Waals surface area contributed by atoms with E-state index in [2.05, 4.69) is 47.5 Å². The number of nitrogens with one attached hydrogen (secondary N) is 1. The second-order valence-electron chi connectivity index (χ2n) is 7.13. The number of ether oxygens (including phenoxy) is 2. The maximum Gasteiger partial charge on any atom is 0.161 e. The van der Waals surface area contributed by atoms with E-state index >= 15 is 0 Å². The molecular weight excluding hydrogens is 336 g/mol. The molecule has 4 nitrogen and oxygen atoms in total. The molecule has 0 amide bonds. The van der Waals surface area contributed by atoms with Crippen LogP contribution < -0.4 is 14.8 Å². The molecule has 1 heterocycles. The fourth-order valence-corrected chi connectivity index (χ4v) is 3.70. The Morgan fingerprint density at radius 1 is 1.04 bits per heavy atom. The molecule has 1 atom stereocenters. The second kappa shape index (κ2) is 10.3. The van der Waals surface area contributed by atoms with E-state index in [0.717, 1.165) is 43.2 Å². The fraction of sp³-hybridized carbons (Fsp3) is 0.478. The van der Waals surface area contributed by atoms with Gasteiger partial charge in [-0.15, -0.1) is 0 Å². The van der Waals surface area contributed by atoms with Gasteiger partial charge in [0.1, 0.15) is 6.61 Å². The first-order valence-electron chi connectivity index (χ1n) is 10.1. The molecule has 0 spiro atoms. The summed E-state index contributed by atoms with van der Waals surface area (Å²) < 4.78 is 11.7. The van der Waals surface area contributed by atoms with Gasteiger partial charge in [0.15, 0.2) is 11.5 Å². The summed E-state index contributed by atoms with van der Waals surface area (Å²) in [6, 6.07) is 17.2. The lowest BCUT2D eigenvalue weighted by Crippen LogP contribution is -2.45. The predicted octanol–water partition coefficient (Wildman–Crippen LogP) is 4.41. The lowest BCUT2D eigenvalue weighted by Gasteiger charge is -2.35. The molecule has 0 bridgehead atoms. The Morgan fingerprint density at radius 2 is 1.81 bits per heavy atom. The topological polar surface area (TPSA) is 33.7 Å². The zero-order valence-electron chi connectivity index (χ0n) is 16.6. The van der Waals surface area contributed by atoms with Gasteiger partial charge in [-0.05, 0) is 29.7 Å². The molecule has 2 aromatic carbocycles. The van der Waals surface area contributed by atoms with Gasteiger partial charge in [0.2, 0.25) is 0 Å². The van der Waals surface area contributed by atoms with E-state index in [4.69, 9.17) is 9.47 Å². The Bertz CT molecular complexity index is 684. The van der Waals surface area contributed by atoms with Gasteiger partial charge in [0.25, 0.3) is 0 Å². The van der Waals surface area contributed by atoms with Gasteiger partial charge >= 0.3 is 0 Å². The standard InChI is InChI=1S/C23H32N2O2/c1-3-4-10-21(25-15-13-24-14-16-25)20-11-12-22(26-2)23(17-20)27-18-19-8-6-5-7-9-19/h5-9,11-12,17,21,24H,3-4,10,13-16,18H2,1-2H3/t21-/m0/s1. The Balaban J connectivity index is 1.79. The van der Waals surface area contributed by atoms with Crippen molar-refractivity contribution in [2.24, 2.45) is 0 Å². The van der Waals surface area contributed by atoms with Crippen molar-refractivity contribution in [2.75, 3.05) is 33.3 Å². The monoisotopic (exact) mass is 368 g/mol. The van der Waals surface area contributed by atoms with Crippen LogP contribution in [0.25, 0.3) is 0 Å². The molecule has 1 aliphatic rings. The first kappa shape index (κ1) is 19.7. The molecule has 27 heavy (non-hydrogen) atoms. The second-order valence-corrected chi connectivity index (χ2v) is 7.13. The van der Waals surface area contributed by atoms with E-state index in [1.165, 1.54) is 24.8 Å². The molecule has 0 unspecified atom stereocenters. The number of nitrogens with zero attached hydrogens (tertiary/aromatic N) is 1. The zero-order chi connectivity index (χ0) is 18.9. The molecule has 0 radical (unpaired) electrons.